The lowest BCUT2D eigenvalue weighted by atomic mass is 9.48. The molecule has 5 rings (SSSR count). The third-order valence-electron chi connectivity index (χ3n) is 6.44. The van der Waals surface area contributed by atoms with Crippen LogP contribution >= 0.6 is 11.6 Å². The summed E-state index contributed by atoms with van der Waals surface area (Å²) < 4.78 is 28.3. The predicted octanol–water partition coefficient (Wildman–Crippen LogP) is 2.93. The minimum atomic E-state index is -4.06. The summed E-state index contributed by atoms with van der Waals surface area (Å²) in [5, 5.41) is 5.03. The maximum atomic E-state index is 12.9. The Hall–Kier alpha value is -1.44. The van der Waals surface area contributed by atoms with Crippen molar-refractivity contribution in [1.82, 2.24) is 0 Å². The number of primary sulfonamides is 1. The zero-order valence-corrected chi connectivity index (χ0v) is 16.4. The molecule has 0 saturated heterocycles. The van der Waals surface area contributed by atoms with Gasteiger partial charge in [0.15, 0.2) is 12.4 Å². The van der Waals surface area contributed by atoms with Gasteiger partial charge < -0.3 is 4.74 Å². The molecular formula is C19H22ClNO5S. The normalized spacial score (nSPS) is 31.7. The zero-order valence-electron chi connectivity index (χ0n) is 14.8. The molecule has 1 aromatic carbocycles. The molecule has 8 heteroatoms. The second kappa shape index (κ2) is 6.57. The fourth-order valence-corrected chi connectivity index (χ4v) is 6.74. The van der Waals surface area contributed by atoms with Crippen LogP contribution in [0.25, 0.3) is 0 Å². The van der Waals surface area contributed by atoms with Crippen LogP contribution in [0.15, 0.2) is 23.1 Å². The molecular weight excluding hydrogens is 390 g/mol. The fourth-order valence-electron chi connectivity index (χ4n) is 5.67. The Labute approximate surface area is 163 Å². The van der Waals surface area contributed by atoms with Gasteiger partial charge in [-0.15, -0.1) is 0 Å². The fraction of sp³-hybridized carbons (Fsp3) is 0.579. The summed E-state index contributed by atoms with van der Waals surface area (Å²) in [7, 11) is -4.06. The number of ether oxygens (including phenoxy) is 1. The number of halogens is 1. The highest BCUT2D eigenvalue weighted by Crippen LogP contribution is 2.60. The van der Waals surface area contributed by atoms with Gasteiger partial charge in [0.1, 0.15) is 4.90 Å². The van der Waals surface area contributed by atoms with E-state index in [9.17, 15) is 18.0 Å². The van der Waals surface area contributed by atoms with E-state index in [1.54, 1.807) is 0 Å². The van der Waals surface area contributed by atoms with E-state index < -0.39 is 16.0 Å². The number of hydrogen-bond donors (Lipinski definition) is 1. The molecule has 146 valence electrons. The number of nitrogens with two attached hydrogens (primary N) is 1. The lowest BCUT2D eigenvalue weighted by Crippen LogP contribution is -2.51. The summed E-state index contributed by atoms with van der Waals surface area (Å²) >= 11 is 5.82. The van der Waals surface area contributed by atoms with Crippen molar-refractivity contribution >= 4 is 33.4 Å². The van der Waals surface area contributed by atoms with E-state index in [0.29, 0.717) is 17.8 Å². The van der Waals surface area contributed by atoms with Crippen LogP contribution in [0.3, 0.4) is 0 Å². The van der Waals surface area contributed by atoms with Crippen LogP contribution in [-0.4, -0.2) is 26.8 Å². The van der Waals surface area contributed by atoms with Crippen molar-refractivity contribution in [2.75, 3.05) is 6.61 Å². The molecule has 0 aromatic heterocycles. The van der Waals surface area contributed by atoms with Crippen molar-refractivity contribution in [3.8, 4) is 0 Å². The van der Waals surface area contributed by atoms with Crippen LogP contribution in [0.2, 0.25) is 5.02 Å². The smallest absolute Gasteiger partial charge is 0.338 e. The Bertz CT molecular complexity index is 875. The third kappa shape index (κ3) is 3.52. The Morgan fingerprint density at radius 1 is 1.11 bits per heavy atom. The van der Waals surface area contributed by atoms with Crippen LogP contribution in [0, 0.1) is 23.2 Å². The molecule has 4 aliphatic carbocycles. The van der Waals surface area contributed by atoms with Gasteiger partial charge >= 0.3 is 5.97 Å². The Balaban J connectivity index is 1.45. The van der Waals surface area contributed by atoms with Gasteiger partial charge in [0, 0.05) is 5.41 Å². The number of hydrogen-bond acceptors (Lipinski definition) is 5. The lowest BCUT2D eigenvalue weighted by Gasteiger charge is -2.55. The van der Waals surface area contributed by atoms with E-state index in [4.69, 9.17) is 21.5 Å². The van der Waals surface area contributed by atoms with Gasteiger partial charge in [0.25, 0.3) is 0 Å². The summed E-state index contributed by atoms with van der Waals surface area (Å²) in [6.07, 6.45) is 6.41. The quantitative estimate of drug-likeness (QED) is 0.750. The molecule has 0 radical (unpaired) electrons. The monoisotopic (exact) mass is 411 g/mol. The highest BCUT2D eigenvalue weighted by atomic mass is 35.5. The highest BCUT2D eigenvalue weighted by molar-refractivity contribution is 7.89. The summed E-state index contributed by atoms with van der Waals surface area (Å²) in [5.74, 6) is 1.13. The average molecular weight is 412 g/mol. The van der Waals surface area contributed by atoms with Crippen LogP contribution in [0.5, 0.6) is 0 Å². The van der Waals surface area contributed by atoms with Crippen LogP contribution in [0.1, 0.15) is 48.9 Å². The molecule has 0 atom stereocenters. The molecule has 0 aliphatic heterocycles. The Morgan fingerprint density at radius 2 is 1.67 bits per heavy atom. The molecule has 4 saturated carbocycles. The number of esters is 1. The maximum absolute atomic E-state index is 12.9. The minimum absolute atomic E-state index is 0.00161. The molecule has 6 nitrogen and oxygen atoms in total. The Kier molecular flexibility index (Phi) is 4.60. The second-order valence-corrected chi connectivity index (χ2v) is 10.3. The van der Waals surface area contributed by atoms with E-state index in [1.807, 2.05) is 0 Å². The van der Waals surface area contributed by atoms with Crippen molar-refractivity contribution in [3.05, 3.63) is 28.8 Å². The topological polar surface area (TPSA) is 104 Å². The number of sulfonamides is 1. The molecule has 4 aliphatic rings. The van der Waals surface area contributed by atoms with Gasteiger partial charge in [-0.1, -0.05) is 11.6 Å². The first-order valence-corrected chi connectivity index (χ1v) is 11.1. The number of ketones is 1. The number of benzene rings is 1. The Morgan fingerprint density at radius 3 is 2.19 bits per heavy atom. The first kappa shape index (κ1) is 18.9. The number of rotatable bonds is 5. The van der Waals surface area contributed by atoms with Crippen molar-refractivity contribution < 1.29 is 22.7 Å². The van der Waals surface area contributed by atoms with Crippen LogP contribution in [-0.2, 0) is 19.6 Å². The summed E-state index contributed by atoms with van der Waals surface area (Å²) in [5.41, 5.74) is -0.331. The standard InChI is InChI=1S/C19H22ClNO5S/c20-15-2-1-14(6-16(15)27(21,24)25)18(23)26-10-17(22)19-7-11-3-12(8-19)5-13(4-11)9-19/h1-2,6,11-13H,3-5,7-10H2,(H2,21,24,25). The molecule has 0 unspecified atom stereocenters. The van der Waals surface area contributed by atoms with Gasteiger partial charge in [0.05, 0.1) is 10.6 Å². The SMILES string of the molecule is NS(=O)(=O)c1cc(C(=O)OCC(=O)C23CC4CC(CC(C4)C2)C3)ccc1Cl. The number of Topliss-reactive ketones (excluding diaryl/α,β-unsaturated/α-hetero) is 1. The summed E-state index contributed by atoms with van der Waals surface area (Å²) in [6, 6.07) is 3.71. The van der Waals surface area contributed by atoms with E-state index in [0.717, 1.165) is 25.3 Å². The molecule has 0 amide bonds. The van der Waals surface area contributed by atoms with Gasteiger partial charge in [-0.25, -0.2) is 18.4 Å². The minimum Gasteiger partial charge on any atom is -0.454 e. The van der Waals surface area contributed by atoms with Crippen molar-refractivity contribution in [1.29, 1.82) is 0 Å². The van der Waals surface area contributed by atoms with E-state index >= 15 is 0 Å². The average Bonchev–Trinajstić information content (AvgIpc) is 2.57. The highest BCUT2D eigenvalue weighted by Gasteiger charge is 2.54. The van der Waals surface area contributed by atoms with E-state index in [2.05, 4.69) is 0 Å². The summed E-state index contributed by atoms with van der Waals surface area (Å²) in [4.78, 5) is 24.9. The third-order valence-corrected chi connectivity index (χ3v) is 7.83. The van der Waals surface area contributed by atoms with Gasteiger partial charge in [-0.2, -0.15) is 0 Å². The van der Waals surface area contributed by atoms with Crippen molar-refractivity contribution in [2.24, 2.45) is 28.3 Å². The zero-order chi connectivity index (χ0) is 19.4. The largest absolute Gasteiger partial charge is 0.454 e. The predicted molar refractivity (Wildman–Crippen MR) is 98.7 cm³/mol. The van der Waals surface area contributed by atoms with Gasteiger partial charge in [-0.05, 0) is 74.5 Å². The molecule has 0 spiro atoms. The van der Waals surface area contributed by atoms with Gasteiger partial charge in [0.2, 0.25) is 10.0 Å². The van der Waals surface area contributed by atoms with E-state index in [1.165, 1.54) is 31.4 Å². The molecule has 0 heterocycles. The number of carbonyl (C=O) groups is 2. The molecule has 4 fully saturated rings. The molecule has 27 heavy (non-hydrogen) atoms. The molecule has 1 aromatic rings. The lowest BCUT2D eigenvalue weighted by molar-refractivity contribution is -0.147. The van der Waals surface area contributed by atoms with Crippen molar-refractivity contribution in [3.63, 3.8) is 0 Å². The maximum Gasteiger partial charge on any atom is 0.338 e. The second-order valence-electron chi connectivity index (χ2n) is 8.39. The summed E-state index contributed by atoms with van der Waals surface area (Å²) in [6.45, 7) is -0.279. The first-order chi connectivity index (χ1) is 12.7. The molecule has 2 N–H and O–H groups in total. The van der Waals surface area contributed by atoms with Crippen LogP contribution in [0.4, 0.5) is 0 Å². The van der Waals surface area contributed by atoms with Crippen LogP contribution < -0.4 is 5.14 Å². The van der Waals surface area contributed by atoms with Crippen molar-refractivity contribution in [2.45, 2.75) is 43.4 Å². The first-order valence-electron chi connectivity index (χ1n) is 9.19. The molecule has 4 bridgehead atoms. The number of carbonyl (C=O) groups excluding carboxylic acids is 2. The van der Waals surface area contributed by atoms with Gasteiger partial charge in [-0.3, -0.25) is 4.79 Å². The van der Waals surface area contributed by atoms with E-state index in [-0.39, 0.29) is 33.3 Å².